The Kier molecular flexibility index (Phi) is 4.79. The van der Waals surface area contributed by atoms with Crippen LogP contribution in [0.5, 0.6) is 5.75 Å². The Morgan fingerprint density at radius 3 is 2.47 bits per heavy atom. The molecule has 0 N–H and O–H groups in total. The minimum absolute atomic E-state index is 0.613. The van der Waals surface area contributed by atoms with Crippen molar-refractivity contribution in [3.05, 3.63) is 71.3 Å². The van der Waals surface area contributed by atoms with Crippen LogP contribution in [0.25, 0.3) is 6.08 Å². The third kappa shape index (κ3) is 3.47. The highest BCUT2D eigenvalue weighted by Crippen LogP contribution is 2.26. The summed E-state index contributed by atoms with van der Waals surface area (Å²) in [5.41, 5.74) is 3.60. The zero-order valence-electron chi connectivity index (χ0n) is 11.6. The molecule has 0 aliphatic heterocycles. The van der Waals surface area contributed by atoms with Gasteiger partial charge in [0.15, 0.2) is 0 Å². The Hall–Kier alpha value is -2.02. The zero-order chi connectivity index (χ0) is 13.5. The van der Waals surface area contributed by atoms with E-state index in [2.05, 4.69) is 43.3 Å². The van der Waals surface area contributed by atoms with E-state index >= 15 is 0 Å². The van der Waals surface area contributed by atoms with Crippen molar-refractivity contribution in [1.29, 1.82) is 0 Å². The highest BCUT2D eigenvalue weighted by molar-refractivity contribution is 5.59. The number of aryl methyl sites for hydroxylation is 1. The van der Waals surface area contributed by atoms with Gasteiger partial charge in [0.25, 0.3) is 0 Å². The van der Waals surface area contributed by atoms with Crippen molar-refractivity contribution in [3.8, 4) is 5.75 Å². The molecule has 0 saturated heterocycles. The first-order valence-electron chi connectivity index (χ1n) is 6.76. The molecule has 0 fully saturated rings. The molecule has 19 heavy (non-hydrogen) atoms. The van der Waals surface area contributed by atoms with Gasteiger partial charge in [0.2, 0.25) is 0 Å². The van der Waals surface area contributed by atoms with E-state index in [1.807, 2.05) is 31.2 Å². The summed E-state index contributed by atoms with van der Waals surface area (Å²) in [5, 5.41) is 0. The number of hydrogen-bond acceptors (Lipinski definition) is 1. The minimum Gasteiger partial charge on any atom is -0.488 e. The average molecular weight is 252 g/mol. The van der Waals surface area contributed by atoms with E-state index in [9.17, 15) is 0 Å². The number of ether oxygens (including phenoxy) is 1. The highest BCUT2D eigenvalue weighted by Gasteiger charge is 2.06. The third-order valence-corrected chi connectivity index (χ3v) is 3.08. The fourth-order valence-corrected chi connectivity index (χ4v) is 2.10. The molecule has 2 aromatic rings. The molecule has 0 heterocycles. The van der Waals surface area contributed by atoms with Crippen LogP contribution in [0.3, 0.4) is 0 Å². The average Bonchev–Trinajstić information content (AvgIpc) is 2.47. The van der Waals surface area contributed by atoms with Crippen LogP contribution in [0.4, 0.5) is 0 Å². The summed E-state index contributed by atoms with van der Waals surface area (Å²) in [6, 6.07) is 16.6. The van der Waals surface area contributed by atoms with Crippen LogP contribution in [0, 0.1) is 0 Å². The Morgan fingerprint density at radius 1 is 1.00 bits per heavy atom. The zero-order valence-corrected chi connectivity index (χ0v) is 11.6. The lowest BCUT2D eigenvalue weighted by atomic mass is 10.1. The lowest BCUT2D eigenvalue weighted by molar-refractivity contribution is 0.302. The fraction of sp³-hybridized carbons (Fsp3) is 0.222. The van der Waals surface area contributed by atoms with Crippen molar-refractivity contribution in [1.82, 2.24) is 0 Å². The summed E-state index contributed by atoms with van der Waals surface area (Å²) in [7, 11) is 0. The van der Waals surface area contributed by atoms with Crippen LogP contribution < -0.4 is 4.74 Å². The van der Waals surface area contributed by atoms with Gasteiger partial charge in [-0.3, -0.25) is 0 Å². The molecule has 0 bridgehead atoms. The van der Waals surface area contributed by atoms with E-state index < -0.39 is 0 Å². The minimum atomic E-state index is 0.613. The molecule has 0 amide bonds. The molecular weight excluding hydrogens is 232 g/mol. The molecule has 0 aliphatic carbocycles. The van der Waals surface area contributed by atoms with Crippen molar-refractivity contribution >= 4 is 6.08 Å². The van der Waals surface area contributed by atoms with Crippen molar-refractivity contribution in [2.24, 2.45) is 0 Å². The number of hydrogen-bond donors (Lipinski definition) is 0. The third-order valence-electron chi connectivity index (χ3n) is 3.08. The van der Waals surface area contributed by atoms with Crippen LogP contribution >= 0.6 is 0 Å². The van der Waals surface area contributed by atoms with Crippen LogP contribution in [0.2, 0.25) is 0 Å². The topological polar surface area (TPSA) is 9.23 Å². The predicted octanol–water partition coefficient (Wildman–Crippen LogP) is 4.86. The maximum Gasteiger partial charge on any atom is 0.130 e. The number of para-hydroxylation sites is 1. The van der Waals surface area contributed by atoms with Gasteiger partial charge in [-0.2, -0.15) is 0 Å². The van der Waals surface area contributed by atoms with Gasteiger partial charge in [-0.25, -0.2) is 0 Å². The second kappa shape index (κ2) is 6.79. The van der Waals surface area contributed by atoms with Crippen molar-refractivity contribution in [2.45, 2.75) is 26.9 Å². The summed E-state index contributed by atoms with van der Waals surface area (Å²) in [6.07, 6.45) is 5.12. The second-order valence-corrected chi connectivity index (χ2v) is 4.46. The summed E-state index contributed by atoms with van der Waals surface area (Å²) in [5.74, 6) is 1.01. The molecule has 1 nitrogen and oxygen atoms in total. The maximum atomic E-state index is 6.05. The monoisotopic (exact) mass is 252 g/mol. The molecule has 0 atom stereocenters. The molecule has 0 saturated carbocycles. The largest absolute Gasteiger partial charge is 0.488 e. The summed E-state index contributed by atoms with van der Waals surface area (Å²) < 4.78 is 6.05. The highest BCUT2D eigenvalue weighted by atomic mass is 16.5. The van der Waals surface area contributed by atoms with Crippen LogP contribution in [-0.4, -0.2) is 0 Å². The van der Waals surface area contributed by atoms with E-state index in [1.165, 1.54) is 11.1 Å². The molecule has 1 heteroatoms. The van der Waals surface area contributed by atoms with Crippen LogP contribution in [-0.2, 0) is 13.0 Å². The number of benzene rings is 2. The van der Waals surface area contributed by atoms with Gasteiger partial charge >= 0.3 is 0 Å². The van der Waals surface area contributed by atoms with Gasteiger partial charge in [0.1, 0.15) is 12.4 Å². The quantitative estimate of drug-likeness (QED) is 0.738. The van der Waals surface area contributed by atoms with Gasteiger partial charge in [-0.15, -0.1) is 0 Å². The molecular formula is C18H20O. The number of rotatable bonds is 5. The molecule has 0 aromatic heterocycles. The molecule has 0 spiro atoms. The summed E-state index contributed by atoms with van der Waals surface area (Å²) in [6.45, 7) is 4.80. The molecule has 98 valence electrons. The predicted molar refractivity (Wildman–Crippen MR) is 81.3 cm³/mol. The van der Waals surface area contributed by atoms with Gasteiger partial charge in [-0.05, 0) is 24.5 Å². The van der Waals surface area contributed by atoms with Gasteiger partial charge in [0, 0.05) is 5.56 Å². The van der Waals surface area contributed by atoms with E-state index in [1.54, 1.807) is 0 Å². The number of allylic oxidation sites excluding steroid dienone is 1. The van der Waals surface area contributed by atoms with E-state index in [-0.39, 0.29) is 0 Å². The Bertz CT molecular complexity index is 541. The van der Waals surface area contributed by atoms with Crippen molar-refractivity contribution in [2.75, 3.05) is 0 Å². The Labute approximate surface area is 115 Å². The fourth-order valence-electron chi connectivity index (χ4n) is 2.10. The first-order valence-corrected chi connectivity index (χ1v) is 6.76. The van der Waals surface area contributed by atoms with E-state index in [0.717, 1.165) is 17.7 Å². The van der Waals surface area contributed by atoms with E-state index in [0.29, 0.717) is 6.61 Å². The standard InChI is InChI=1S/C18H20O/c1-3-9-17-13-8-12-16(4-2)18(17)19-14-15-10-6-5-7-11-15/h3,5-13H,4,14H2,1-2H3/b9-3+. The smallest absolute Gasteiger partial charge is 0.130 e. The molecule has 0 aliphatic rings. The summed E-state index contributed by atoms with van der Waals surface area (Å²) >= 11 is 0. The SMILES string of the molecule is C/C=C/c1cccc(CC)c1OCc1ccccc1. The van der Waals surface area contributed by atoms with Gasteiger partial charge in [-0.1, -0.05) is 67.6 Å². The molecule has 0 unspecified atom stereocenters. The van der Waals surface area contributed by atoms with Crippen molar-refractivity contribution < 1.29 is 4.74 Å². The Balaban J connectivity index is 2.22. The molecule has 2 rings (SSSR count). The van der Waals surface area contributed by atoms with Crippen molar-refractivity contribution in [3.63, 3.8) is 0 Å². The molecule has 0 radical (unpaired) electrons. The lowest BCUT2D eigenvalue weighted by Gasteiger charge is -2.13. The Morgan fingerprint density at radius 2 is 1.79 bits per heavy atom. The summed E-state index contributed by atoms with van der Waals surface area (Å²) in [4.78, 5) is 0. The lowest BCUT2D eigenvalue weighted by Crippen LogP contribution is -2.00. The first-order chi connectivity index (χ1) is 9.35. The first kappa shape index (κ1) is 13.4. The second-order valence-electron chi connectivity index (χ2n) is 4.46. The van der Waals surface area contributed by atoms with Crippen LogP contribution in [0.15, 0.2) is 54.6 Å². The van der Waals surface area contributed by atoms with Gasteiger partial charge in [0.05, 0.1) is 0 Å². The van der Waals surface area contributed by atoms with E-state index in [4.69, 9.17) is 4.74 Å². The molecule has 2 aromatic carbocycles. The normalized spacial score (nSPS) is 10.8. The van der Waals surface area contributed by atoms with Crippen LogP contribution in [0.1, 0.15) is 30.5 Å². The maximum absolute atomic E-state index is 6.05. The van der Waals surface area contributed by atoms with Gasteiger partial charge < -0.3 is 4.74 Å².